The number of allylic oxidation sites excluding steroid dienone is 1. The molecule has 1 amide bonds. The number of amides is 1. The molecule has 10 nitrogen and oxygen atoms in total. The number of sulfonamides is 1. The SMILES string of the molecule is CC(C)O[C@@]1(CN2CCN3CCOC[C@@H]3C2)/C=C/C[C@H](C)[C@@H](C)S(=O)(=O)NC(=O)c2ccc3c(c2)N(C[C@@H]2CC[C@H]21)C[C@@]1(CCCc2cc(Cl)ccc21)CO3. The van der Waals surface area contributed by atoms with Crippen LogP contribution in [-0.4, -0.2) is 113 Å². The first-order valence-corrected chi connectivity index (χ1v) is 22.5. The third kappa shape index (κ3) is 7.83. The van der Waals surface area contributed by atoms with Crippen molar-refractivity contribution in [3.63, 3.8) is 0 Å². The molecule has 2 saturated heterocycles. The topological polar surface area (TPSA) is 101 Å². The highest BCUT2D eigenvalue weighted by Crippen LogP contribution is 2.50. The van der Waals surface area contributed by atoms with Gasteiger partial charge in [0.2, 0.25) is 10.0 Å². The van der Waals surface area contributed by atoms with Gasteiger partial charge in [-0.3, -0.25) is 14.6 Å². The van der Waals surface area contributed by atoms with Crippen LogP contribution < -0.4 is 14.4 Å². The molecule has 2 aliphatic carbocycles. The monoisotopic (exact) mass is 794 g/mol. The number of benzene rings is 2. The highest BCUT2D eigenvalue weighted by molar-refractivity contribution is 7.90. The van der Waals surface area contributed by atoms with Crippen LogP contribution in [0.15, 0.2) is 48.6 Å². The van der Waals surface area contributed by atoms with Crippen molar-refractivity contribution in [3.05, 3.63) is 70.3 Å². The number of fused-ring (bicyclic) bond motifs is 5. The van der Waals surface area contributed by atoms with Crippen LogP contribution in [-0.2, 0) is 31.3 Å². The first-order valence-electron chi connectivity index (χ1n) is 20.6. The summed E-state index contributed by atoms with van der Waals surface area (Å²) in [5.74, 6) is 0.431. The number of morpholine rings is 1. The van der Waals surface area contributed by atoms with Gasteiger partial charge in [0.25, 0.3) is 5.91 Å². The van der Waals surface area contributed by atoms with Crippen LogP contribution in [0.25, 0.3) is 0 Å². The Labute approximate surface area is 332 Å². The molecule has 3 fully saturated rings. The number of carbonyl (C=O) groups is 1. The lowest BCUT2D eigenvalue weighted by Gasteiger charge is -2.54. The summed E-state index contributed by atoms with van der Waals surface area (Å²) < 4.78 is 49.7. The maximum absolute atomic E-state index is 13.7. The second-order valence-corrected chi connectivity index (χ2v) is 20.1. The molecule has 4 aliphatic heterocycles. The van der Waals surface area contributed by atoms with Crippen LogP contribution >= 0.6 is 11.6 Å². The van der Waals surface area contributed by atoms with E-state index < -0.39 is 26.8 Å². The van der Waals surface area contributed by atoms with E-state index in [9.17, 15) is 13.2 Å². The summed E-state index contributed by atoms with van der Waals surface area (Å²) in [4.78, 5) is 21.3. The Kier molecular flexibility index (Phi) is 11.1. The van der Waals surface area contributed by atoms with E-state index in [1.54, 1.807) is 13.0 Å². The number of piperazine rings is 1. The van der Waals surface area contributed by atoms with E-state index in [0.717, 1.165) is 95.3 Å². The molecule has 0 unspecified atom stereocenters. The fourth-order valence-electron chi connectivity index (χ4n) is 10.4. The lowest BCUT2D eigenvalue weighted by atomic mass is 9.63. The summed E-state index contributed by atoms with van der Waals surface area (Å²) in [5.41, 5.74) is 2.86. The van der Waals surface area contributed by atoms with Crippen LogP contribution in [0, 0.1) is 17.8 Å². The number of hydrogen-bond donors (Lipinski definition) is 1. The van der Waals surface area contributed by atoms with Crippen LogP contribution in [0.1, 0.15) is 81.3 Å². The van der Waals surface area contributed by atoms with Crippen LogP contribution in [0.4, 0.5) is 5.69 Å². The Morgan fingerprint density at radius 2 is 1.93 bits per heavy atom. The van der Waals surface area contributed by atoms with Gasteiger partial charge < -0.3 is 19.1 Å². The number of aryl methyl sites for hydroxylation is 1. The molecule has 8 rings (SSSR count). The van der Waals surface area contributed by atoms with E-state index in [0.29, 0.717) is 42.8 Å². The first-order chi connectivity index (χ1) is 26.3. The minimum absolute atomic E-state index is 0.00793. The van der Waals surface area contributed by atoms with Gasteiger partial charge in [0.05, 0.1) is 36.9 Å². The summed E-state index contributed by atoms with van der Waals surface area (Å²) in [7, 11) is -3.97. The van der Waals surface area contributed by atoms with Gasteiger partial charge in [0.15, 0.2) is 0 Å². The zero-order valence-corrected chi connectivity index (χ0v) is 34.5. The predicted molar refractivity (Wildman–Crippen MR) is 217 cm³/mol. The minimum Gasteiger partial charge on any atom is -0.490 e. The molecule has 0 aromatic heterocycles. The van der Waals surface area contributed by atoms with E-state index in [1.165, 1.54) is 11.1 Å². The summed E-state index contributed by atoms with van der Waals surface area (Å²) in [6.45, 7) is 16.1. The van der Waals surface area contributed by atoms with E-state index >= 15 is 0 Å². The Morgan fingerprint density at radius 3 is 2.73 bits per heavy atom. The summed E-state index contributed by atoms with van der Waals surface area (Å²) >= 11 is 6.53. The second-order valence-electron chi connectivity index (χ2n) is 17.6. The van der Waals surface area contributed by atoms with Gasteiger partial charge in [-0.25, -0.2) is 13.1 Å². The predicted octanol–water partition coefficient (Wildman–Crippen LogP) is 6.06. The molecule has 4 heterocycles. The standard InChI is InChI=1S/C43H59ClN4O6S/c1-29(2)54-43(27-46-17-18-47-19-20-52-25-36(47)24-46)16-5-7-30(3)31(4)55(50,51)45-41(49)33-10-14-40-39(22-33)48(23-34-9-12-38(34)43)26-42(28-53-40)15-6-8-32-21-35(44)11-13-37(32)42/h5,10-11,13-14,16,21-22,29-31,34,36,38H,6-9,12,15,17-20,23-28H2,1-4H3,(H,45,49)/b16-5+/t30-,31+,34-,36-,38+,42-,43+/m0/s1. The fourth-order valence-corrected chi connectivity index (χ4v) is 11.9. The van der Waals surface area contributed by atoms with Gasteiger partial charge in [-0.05, 0) is 119 Å². The maximum Gasteiger partial charge on any atom is 0.264 e. The van der Waals surface area contributed by atoms with Crippen molar-refractivity contribution in [1.29, 1.82) is 0 Å². The van der Waals surface area contributed by atoms with Crippen molar-refractivity contribution in [3.8, 4) is 5.75 Å². The van der Waals surface area contributed by atoms with Gasteiger partial charge in [0.1, 0.15) is 11.4 Å². The minimum atomic E-state index is -3.97. The first kappa shape index (κ1) is 39.2. The van der Waals surface area contributed by atoms with E-state index in [4.69, 9.17) is 25.8 Å². The van der Waals surface area contributed by atoms with Crippen molar-refractivity contribution in [1.82, 2.24) is 14.5 Å². The van der Waals surface area contributed by atoms with Crippen molar-refractivity contribution >= 4 is 33.2 Å². The molecule has 1 spiro atoms. The van der Waals surface area contributed by atoms with E-state index in [-0.39, 0.29) is 23.4 Å². The molecule has 300 valence electrons. The number of ether oxygens (including phenoxy) is 3. The third-order valence-electron chi connectivity index (χ3n) is 13.7. The highest BCUT2D eigenvalue weighted by Gasteiger charge is 2.51. The number of nitrogens with one attached hydrogen (secondary N) is 1. The third-order valence-corrected chi connectivity index (χ3v) is 15.8. The van der Waals surface area contributed by atoms with Crippen molar-refractivity contribution in [2.45, 2.75) is 94.6 Å². The van der Waals surface area contributed by atoms with Gasteiger partial charge in [-0.15, -0.1) is 0 Å². The Balaban J connectivity index is 1.21. The number of rotatable bonds is 4. The average molecular weight is 795 g/mol. The molecular weight excluding hydrogens is 736 g/mol. The molecule has 0 radical (unpaired) electrons. The largest absolute Gasteiger partial charge is 0.490 e. The fraction of sp³-hybridized carbons (Fsp3) is 0.651. The molecule has 2 aromatic rings. The number of hydrogen-bond acceptors (Lipinski definition) is 9. The Hall–Kier alpha value is -2.67. The van der Waals surface area contributed by atoms with Gasteiger partial charge in [-0.2, -0.15) is 0 Å². The molecule has 1 N–H and O–H groups in total. The zero-order chi connectivity index (χ0) is 38.5. The van der Waals surface area contributed by atoms with Crippen molar-refractivity contribution < 1.29 is 27.4 Å². The molecule has 2 aromatic carbocycles. The summed E-state index contributed by atoms with van der Waals surface area (Å²) in [6, 6.07) is 12.1. The molecule has 55 heavy (non-hydrogen) atoms. The van der Waals surface area contributed by atoms with Crippen LogP contribution in [0.2, 0.25) is 5.02 Å². The van der Waals surface area contributed by atoms with E-state index in [2.05, 4.69) is 57.6 Å². The lowest BCUT2D eigenvalue weighted by Crippen LogP contribution is -2.63. The Morgan fingerprint density at radius 1 is 1.07 bits per heavy atom. The van der Waals surface area contributed by atoms with Crippen LogP contribution in [0.3, 0.4) is 0 Å². The normalized spacial score (nSPS) is 34.7. The maximum atomic E-state index is 13.7. The highest BCUT2D eigenvalue weighted by atomic mass is 35.5. The second kappa shape index (κ2) is 15.6. The summed E-state index contributed by atoms with van der Waals surface area (Å²) in [5, 5.41) is -0.0390. The molecule has 1 saturated carbocycles. The molecule has 6 aliphatic rings. The lowest BCUT2D eigenvalue weighted by molar-refractivity contribution is -0.143. The van der Waals surface area contributed by atoms with E-state index in [1.807, 2.05) is 25.1 Å². The quantitative estimate of drug-likeness (QED) is 0.371. The van der Waals surface area contributed by atoms with Gasteiger partial charge in [-0.1, -0.05) is 36.7 Å². The smallest absolute Gasteiger partial charge is 0.264 e. The number of carbonyl (C=O) groups excluding carboxylic acids is 1. The number of halogens is 1. The molecule has 12 heteroatoms. The van der Waals surface area contributed by atoms with Crippen molar-refractivity contribution in [2.24, 2.45) is 17.8 Å². The van der Waals surface area contributed by atoms with Crippen LogP contribution in [0.5, 0.6) is 5.75 Å². The number of anilines is 1. The Bertz CT molecular complexity index is 1890. The zero-order valence-electron chi connectivity index (χ0n) is 33.0. The molecule has 2 bridgehead atoms. The summed E-state index contributed by atoms with van der Waals surface area (Å²) in [6.07, 6.45) is 10.1. The number of nitrogens with zero attached hydrogens (tertiary/aromatic N) is 3. The van der Waals surface area contributed by atoms with Gasteiger partial charge >= 0.3 is 0 Å². The van der Waals surface area contributed by atoms with Gasteiger partial charge in [0, 0.05) is 67.9 Å². The molecular formula is C43H59ClN4O6S. The van der Waals surface area contributed by atoms with Crippen molar-refractivity contribution in [2.75, 3.05) is 70.5 Å². The molecule has 7 atom stereocenters. The average Bonchev–Trinajstić information content (AvgIpc) is 3.28.